The van der Waals surface area contributed by atoms with Crippen molar-refractivity contribution in [3.05, 3.63) is 62.1 Å². The number of halogens is 4. The van der Waals surface area contributed by atoms with E-state index < -0.39 is 6.23 Å². The van der Waals surface area contributed by atoms with E-state index in [0.717, 1.165) is 0 Å². The molecule has 126 valence electrons. The molecule has 2 aromatic rings. The molecule has 0 aromatic heterocycles. The van der Waals surface area contributed by atoms with Crippen molar-refractivity contribution >= 4 is 58.1 Å². The van der Waals surface area contributed by atoms with Crippen molar-refractivity contribution in [2.24, 2.45) is 0 Å². The molecule has 2 aromatic carbocycles. The lowest BCUT2D eigenvalue weighted by molar-refractivity contribution is 0.0523. The number of hydrogen-bond donors (Lipinski definition) is 1. The van der Waals surface area contributed by atoms with Gasteiger partial charge in [-0.05, 0) is 30.3 Å². The van der Waals surface area contributed by atoms with Gasteiger partial charge in [0, 0.05) is 27.8 Å². The maximum absolute atomic E-state index is 12.6. The van der Waals surface area contributed by atoms with Crippen LogP contribution in [0.25, 0.3) is 0 Å². The molecule has 0 spiro atoms. The second-order valence-electron chi connectivity index (χ2n) is 5.11. The Hall–Kier alpha value is -1.17. The zero-order chi connectivity index (χ0) is 17.3. The van der Waals surface area contributed by atoms with E-state index in [1.54, 1.807) is 36.4 Å². The number of carbonyl (C=O) groups excluding carboxylic acids is 1. The van der Waals surface area contributed by atoms with Crippen molar-refractivity contribution in [1.29, 1.82) is 0 Å². The van der Waals surface area contributed by atoms with E-state index in [2.05, 4.69) is 5.32 Å². The van der Waals surface area contributed by atoms with E-state index in [9.17, 15) is 4.79 Å². The molecule has 1 atom stereocenters. The van der Waals surface area contributed by atoms with Gasteiger partial charge in [0.15, 0.2) is 6.23 Å². The van der Waals surface area contributed by atoms with Gasteiger partial charge in [-0.1, -0.05) is 52.5 Å². The predicted octanol–water partition coefficient (Wildman–Crippen LogP) is 5.86. The van der Waals surface area contributed by atoms with E-state index in [-0.39, 0.29) is 6.03 Å². The molecule has 1 aliphatic heterocycles. The molecule has 8 heteroatoms. The Kier molecular flexibility index (Phi) is 5.42. The first-order valence-corrected chi connectivity index (χ1v) is 8.57. The highest BCUT2D eigenvalue weighted by atomic mass is 35.5. The lowest BCUT2D eigenvalue weighted by Gasteiger charge is -2.25. The highest BCUT2D eigenvalue weighted by Gasteiger charge is 2.33. The highest BCUT2D eigenvalue weighted by molar-refractivity contribution is 6.42. The van der Waals surface area contributed by atoms with Crippen molar-refractivity contribution < 1.29 is 9.53 Å². The molecular formula is C16H12Cl4N2O2. The van der Waals surface area contributed by atoms with Crippen LogP contribution in [0, 0.1) is 0 Å². The third-order valence-corrected chi connectivity index (χ3v) is 4.97. The molecule has 1 saturated heterocycles. The molecule has 0 aliphatic carbocycles. The minimum absolute atomic E-state index is 0.341. The molecule has 2 amide bonds. The number of ether oxygens (including phenoxy) is 1. The molecule has 4 nitrogen and oxygen atoms in total. The molecular weight excluding hydrogens is 394 g/mol. The first kappa shape index (κ1) is 17.6. The van der Waals surface area contributed by atoms with Crippen LogP contribution in [0.1, 0.15) is 11.8 Å². The van der Waals surface area contributed by atoms with E-state index >= 15 is 0 Å². The summed E-state index contributed by atoms with van der Waals surface area (Å²) >= 11 is 24.3. The fourth-order valence-electron chi connectivity index (χ4n) is 2.43. The second kappa shape index (κ2) is 7.38. The molecule has 1 aliphatic rings. The fraction of sp³-hybridized carbons (Fsp3) is 0.188. The van der Waals surface area contributed by atoms with Crippen molar-refractivity contribution in [3.63, 3.8) is 0 Å². The van der Waals surface area contributed by atoms with Gasteiger partial charge < -0.3 is 10.1 Å². The summed E-state index contributed by atoms with van der Waals surface area (Å²) in [5.74, 6) is 0. The molecule has 1 fully saturated rings. The number of amides is 2. The quantitative estimate of drug-likeness (QED) is 0.679. The first-order chi connectivity index (χ1) is 11.5. The maximum atomic E-state index is 12.6. The van der Waals surface area contributed by atoms with Crippen LogP contribution in [0.5, 0.6) is 0 Å². The molecule has 3 rings (SSSR count). The van der Waals surface area contributed by atoms with Crippen LogP contribution in [0.4, 0.5) is 10.5 Å². The average molecular weight is 406 g/mol. The third-order valence-electron chi connectivity index (χ3n) is 3.57. The lowest BCUT2D eigenvalue weighted by Crippen LogP contribution is -2.35. The SMILES string of the molecule is O=C(Nc1ccc(Cl)c(Cl)c1)N1CCOC1c1c(Cl)cccc1Cl. The minimum Gasteiger partial charge on any atom is -0.352 e. The van der Waals surface area contributed by atoms with E-state index in [1.165, 1.54) is 4.90 Å². The van der Waals surface area contributed by atoms with Crippen LogP contribution in [0.3, 0.4) is 0 Å². The van der Waals surface area contributed by atoms with Crippen LogP contribution >= 0.6 is 46.4 Å². The topological polar surface area (TPSA) is 41.6 Å². The van der Waals surface area contributed by atoms with Gasteiger partial charge in [-0.15, -0.1) is 0 Å². The Labute approximate surface area is 159 Å². The van der Waals surface area contributed by atoms with Crippen LogP contribution in [0.2, 0.25) is 20.1 Å². The normalized spacial score (nSPS) is 17.2. The van der Waals surface area contributed by atoms with Gasteiger partial charge in [0.05, 0.1) is 16.7 Å². The molecule has 0 bridgehead atoms. The number of benzene rings is 2. The standard InChI is InChI=1S/C16H12Cl4N2O2/c17-10-5-4-9(8-13(10)20)21-16(23)22-6-7-24-15(22)14-11(18)2-1-3-12(14)19/h1-5,8,15H,6-7H2,(H,21,23). The summed E-state index contributed by atoms with van der Waals surface area (Å²) in [5.41, 5.74) is 1.10. The highest BCUT2D eigenvalue weighted by Crippen LogP contribution is 2.37. The monoisotopic (exact) mass is 404 g/mol. The van der Waals surface area contributed by atoms with Gasteiger partial charge in [0.1, 0.15) is 0 Å². The van der Waals surface area contributed by atoms with Crippen molar-refractivity contribution in [1.82, 2.24) is 4.90 Å². The molecule has 24 heavy (non-hydrogen) atoms. The lowest BCUT2D eigenvalue weighted by atomic mass is 10.2. The number of carbonyl (C=O) groups is 1. The molecule has 0 radical (unpaired) electrons. The van der Waals surface area contributed by atoms with Crippen LogP contribution in [-0.4, -0.2) is 24.1 Å². The summed E-state index contributed by atoms with van der Waals surface area (Å²) in [6, 6.07) is 9.67. The number of urea groups is 1. The summed E-state index contributed by atoms with van der Waals surface area (Å²) in [4.78, 5) is 14.1. The third kappa shape index (κ3) is 3.58. The fourth-order valence-corrected chi connectivity index (χ4v) is 3.32. The first-order valence-electron chi connectivity index (χ1n) is 7.05. The van der Waals surface area contributed by atoms with Crippen molar-refractivity contribution in [2.45, 2.75) is 6.23 Å². The Balaban J connectivity index is 1.82. The Morgan fingerprint density at radius 1 is 1.04 bits per heavy atom. The zero-order valence-electron chi connectivity index (χ0n) is 12.2. The predicted molar refractivity (Wildman–Crippen MR) is 97.3 cm³/mol. The molecule has 1 heterocycles. The number of nitrogens with zero attached hydrogens (tertiary/aromatic N) is 1. The number of rotatable bonds is 2. The van der Waals surface area contributed by atoms with Gasteiger partial charge in [-0.3, -0.25) is 4.90 Å². The van der Waals surface area contributed by atoms with E-state index in [4.69, 9.17) is 51.1 Å². The molecule has 1 unspecified atom stereocenters. The van der Waals surface area contributed by atoms with Crippen LogP contribution in [-0.2, 0) is 4.74 Å². The van der Waals surface area contributed by atoms with Gasteiger partial charge in [0.25, 0.3) is 0 Å². The summed E-state index contributed by atoms with van der Waals surface area (Å²) in [5, 5.41) is 4.44. The largest absolute Gasteiger partial charge is 0.352 e. The zero-order valence-corrected chi connectivity index (χ0v) is 15.3. The van der Waals surface area contributed by atoms with Gasteiger partial charge >= 0.3 is 6.03 Å². The van der Waals surface area contributed by atoms with Crippen molar-refractivity contribution in [3.8, 4) is 0 Å². The van der Waals surface area contributed by atoms with Gasteiger partial charge in [-0.25, -0.2) is 4.79 Å². The second-order valence-corrected chi connectivity index (χ2v) is 6.74. The summed E-state index contributed by atoms with van der Waals surface area (Å²) in [6.45, 7) is 0.806. The number of anilines is 1. The number of hydrogen-bond acceptors (Lipinski definition) is 2. The smallest absolute Gasteiger partial charge is 0.324 e. The molecule has 0 saturated carbocycles. The maximum Gasteiger partial charge on any atom is 0.324 e. The Bertz CT molecular complexity index is 764. The average Bonchev–Trinajstić information content (AvgIpc) is 3.00. The van der Waals surface area contributed by atoms with Crippen molar-refractivity contribution in [2.75, 3.05) is 18.5 Å². The molecule has 1 N–H and O–H groups in total. The summed E-state index contributed by atoms with van der Waals surface area (Å²) in [6.07, 6.45) is -0.644. The number of nitrogens with one attached hydrogen (secondary N) is 1. The van der Waals surface area contributed by atoms with Crippen LogP contribution in [0.15, 0.2) is 36.4 Å². The van der Waals surface area contributed by atoms with E-state index in [0.29, 0.717) is 44.5 Å². The van der Waals surface area contributed by atoms with E-state index in [1.807, 2.05) is 0 Å². The summed E-state index contributed by atoms with van der Waals surface area (Å²) < 4.78 is 5.66. The Morgan fingerprint density at radius 3 is 2.42 bits per heavy atom. The van der Waals surface area contributed by atoms with Crippen LogP contribution < -0.4 is 5.32 Å². The Morgan fingerprint density at radius 2 is 1.75 bits per heavy atom. The minimum atomic E-state index is -0.644. The summed E-state index contributed by atoms with van der Waals surface area (Å²) in [7, 11) is 0. The van der Waals surface area contributed by atoms with Gasteiger partial charge in [-0.2, -0.15) is 0 Å². The van der Waals surface area contributed by atoms with Gasteiger partial charge in [0.2, 0.25) is 0 Å².